The molecule has 3 heterocycles. The van der Waals surface area contributed by atoms with E-state index >= 15 is 0 Å². The molecule has 3 aliphatic heterocycles. The number of anilines is 1. The first-order chi connectivity index (χ1) is 7.75. The van der Waals surface area contributed by atoms with E-state index < -0.39 is 0 Å². The fourth-order valence-electron chi connectivity index (χ4n) is 2.91. The van der Waals surface area contributed by atoms with E-state index in [0.717, 1.165) is 18.8 Å². The third-order valence-electron chi connectivity index (χ3n) is 3.73. The summed E-state index contributed by atoms with van der Waals surface area (Å²) in [7, 11) is 0. The SMILES string of the molecule is O=[N+]([O-])c1ccc2c(c1)N1CCCC2CC1. The molecule has 4 nitrogen and oxygen atoms in total. The van der Waals surface area contributed by atoms with Crippen molar-refractivity contribution in [1.82, 2.24) is 0 Å². The Morgan fingerprint density at radius 2 is 2.19 bits per heavy atom. The van der Waals surface area contributed by atoms with Gasteiger partial charge in [-0.05, 0) is 36.8 Å². The van der Waals surface area contributed by atoms with Gasteiger partial charge < -0.3 is 4.90 Å². The van der Waals surface area contributed by atoms with E-state index in [-0.39, 0.29) is 10.6 Å². The lowest BCUT2D eigenvalue weighted by molar-refractivity contribution is -0.384. The zero-order chi connectivity index (χ0) is 11.1. The van der Waals surface area contributed by atoms with E-state index in [2.05, 4.69) is 4.90 Å². The number of hydrogen-bond acceptors (Lipinski definition) is 3. The third kappa shape index (κ3) is 1.37. The zero-order valence-electron chi connectivity index (χ0n) is 9.06. The van der Waals surface area contributed by atoms with Gasteiger partial charge in [-0.25, -0.2) is 0 Å². The van der Waals surface area contributed by atoms with Crippen molar-refractivity contribution < 1.29 is 4.92 Å². The van der Waals surface area contributed by atoms with Crippen LogP contribution in [0.25, 0.3) is 0 Å². The van der Waals surface area contributed by atoms with Gasteiger partial charge in [-0.15, -0.1) is 0 Å². The molecule has 1 unspecified atom stereocenters. The normalized spacial score (nSPS) is 22.8. The molecule has 4 heteroatoms. The van der Waals surface area contributed by atoms with Crippen LogP contribution in [0.15, 0.2) is 18.2 Å². The molecule has 1 aromatic rings. The Bertz CT molecular complexity index is 441. The van der Waals surface area contributed by atoms with E-state index in [1.54, 1.807) is 12.1 Å². The number of rotatable bonds is 1. The maximum absolute atomic E-state index is 10.8. The number of nitro groups is 1. The van der Waals surface area contributed by atoms with Crippen molar-refractivity contribution in [3.05, 3.63) is 33.9 Å². The van der Waals surface area contributed by atoms with Crippen molar-refractivity contribution in [1.29, 1.82) is 0 Å². The third-order valence-corrected chi connectivity index (χ3v) is 3.73. The van der Waals surface area contributed by atoms with Crippen molar-refractivity contribution in [3.63, 3.8) is 0 Å². The average Bonchev–Trinajstić information content (AvgIpc) is 2.62. The largest absolute Gasteiger partial charge is 0.371 e. The van der Waals surface area contributed by atoms with Crippen molar-refractivity contribution in [2.45, 2.75) is 25.2 Å². The van der Waals surface area contributed by atoms with Crippen molar-refractivity contribution in [2.75, 3.05) is 18.0 Å². The second-order valence-electron chi connectivity index (χ2n) is 4.62. The molecule has 0 radical (unpaired) electrons. The fraction of sp³-hybridized carbons (Fsp3) is 0.500. The molecule has 84 valence electrons. The van der Waals surface area contributed by atoms with Crippen LogP contribution < -0.4 is 4.90 Å². The van der Waals surface area contributed by atoms with Crippen LogP contribution in [0.1, 0.15) is 30.7 Å². The van der Waals surface area contributed by atoms with Crippen LogP contribution in [0, 0.1) is 10.1 Å². The average molecular weight is 218 g/mol. The summed E-state index contributed by atoms with van der Waals surface area (Å²) in [4.78, 5) is 12.8. The molecule has 16 heavy (non-hydrogen) atoms. The molecule has 3 aliphatic rings. The maximum atomic E-state index is 10.8. The van der Waals surface area contributed by atoms with Gasteiger partial charge in [-0.2, -0.15) is 0 Å². The van der Waals surface area contributed by atoms with Gasteiger partial charge in [0.1, 0.15) is 0 Å². The first-order valence-corrected chi connectivity index (χ1v) is 5.79. The quantitative estimate of drug-likeness (QED) is 0.537. The topological polar surface area (TPSA) is 46.4 Å². The Morgan fingerprint density at radius 3 is 3.00 bits per heavy atom. The Hall–Kier alpha value is -1.58. The predicted octanol–water partition coefficient (Wildman–Crippen LogP) is 2.68. The molecule has 1 aromatic carbocycles. The minimum absolute atomic E-state index is 0.214. The minimum atomic E-state index is -0.306. The Morgan fingerprint density at radius 1 is 1.31 bits per heavy atom. The van der Waals surface area contributed by atoms with E-state index in [1.807, 2.05) is 6.07 Å². The lowest BCUT2D eigenvalue weighted by Gasteiger charge is -2.31. The van der Waals surface area contributed by atoms with Crippen LogP contribution in [0.4, 0.5) is 11.4 Å². The summed E-state index contributed by atoms with van der Waals surface area (Å²) in [6.45, 7) is 2.10. The number of nitro benzene ring substituents is 1. The number of non-ortho nitro benzene ring substituents is 1. The number of fused-ring (bicyclic) bond motifs is 3. The lowest BCUT2D eigenvalue weighted by atomic mass is 9.89. The molecule has 2 bridgehead atoms. The molecule has 0 aromatic heterocycles. The Kier molecular flexibility index (Phi) is 2.09. The van der Waals surface area contributed by atoms with Gasteiger partial charge in [-0.3, -0.25) is 10.1 Å². The van der Waals surface area contributed by atoms with Crippen LogP contribution in [0.2, 0.25) is 0 Å². The molecule has 0 saturated carbocycles. The van der Waals surface area contributed by atoms with Crippen LogP contribution in [0.5, 0.6) is 0 Å². The number of benzene rings is 1. The van der Waals surface area contributed by atoms with Gasteiger partial charge in [0.25, 0.3) is 5.69 Å². The lowest BCUT2D eigenvalue weighted by Crippen LogP contribution is -2.28. The van der Waals surface area contributed by atoms with Gasteiger partial charge in [0, 0.05) is 30.9 Å². The summed E-state index contributed by atoms with van der Waals surface area (Å²) in [5, 5.41) is 10.8. The van der Waals surface area contributed by atoms with E-state index in [4.69, 9.17) is 0 Å². The molecule has 1 saturated heterocycles. The first-order valence-electron chi connectivity index (χ1n) is 5.79. The van der Waals surface area contributed by atoms with Gasteiger partial charge in [0.05, 0.1) is 4.92 Å². The molecule has 0 aliphatic carbocycles. The molecule has 0 amide bonds. The van der Waals surface area contributed by atoms with Crippen LogP contribution in [-0.2, 0) is 0 Å². The second-order valence-corrected chi connectivity index (χ2v) is 4.62. The second kappa shape index (κ2) is 3.47. The minimum Gasteiger partial charge on any atom is -0.371 e. The van der Waals surface area contributed by atoms with E-state index in [1.165, 1.54) is 24.8 Å². The molecule has 4 rings (SSSR count). The molecule has 1 fully saturated rings. The van der Waals surface area contributed by atoms with Crippen molar-refractivity contribution in [2.24, 2.45) is 0 Å². The van der Waals surface area contributed by atoms with Gasteiger partial charge >= 0.3 is 0 Å². The van der Waals surface area contributed by atoms with Crippen LogP contribution >= 0.6 is 0 Å². The van der Waals surface area contributed by atoms with Crippen LogP contribution in [-0.4, -0.2) is 18.0 Å². The molecule has 0 N–H and O–H groups in total. The summed E-state index contributed by atoms with van der Waals surface area (Å²) in [6, 6.07) is 5.34. The van der Waals surface area contributed by atoms with Crippen molar-refractivity contribution >= 4 is 11.4 Å². The molecular formula is C12H14N2O2. The molecule has 0 spiro atoms. The van der Waals surface area contributed by atoms with E-state index in [9.17, 15) is 10.1 Å². The summed E-state index contributed by atoms with van der Waals surface area (Å²) < 4.78 is 0. The monoisotopic (exact) mass is 218 g/mol. The maximum Gasteiger partial charge on any atom is 0.271 e. The van der Waals surface area contributed by atoms with Crippen molar-refractivity contribution in [3.8, 4) is 0 Å². The standard InChI is InChI=1S/C12H14N2O2/c15-14(16)10-3-4-11-9-2-1-6-13(7-5-9)12(11)8-10/h3-4,8-9H,1-2,5-7H2. The van der Waals surface area contributed by atoms with Gasteiger partial charge in [0.2, 0.25) is 0 Å². The highest BCUT2D eigenvalue weighted by Gasteiger charge is 2.29. The zero-order valence-corrected chi connectivity index (χ0v) is 9.06. The first kappa shape index (κ1) is 9.63. The predicted molar refractivity (Wildman–Crippen MR) is 61.9 cm³/mol. The highest BCUT2D eigenvalue weighted by molar-refractivity contribution is 5.62. The summed E-state index contributed by atoms with van der Waals surface area (Å²) >= 11 is 0. The molecule has 1 atom stereocenters. The van der Waals surface area contributed by atoms with Crippen LogP contribution in [0.3, 0.4) is 0 Å². The summed E-state index contributed by atoms with van der Waals surface area (Å²) in [5.41, 5.74) is 2.63. The summed E-state index contributed by atoms with van der Waals surface area (Å²) in [6.07, 6.45) is 3.62. The number of hydrogen-bond donors (Lipinski definition) is 0. The smallest absolute Gasteiger partial charge is 0.271 e. The van der Waals surface area contributed by atoms with Gasteiger partial charge in [-0.1, -0.05) is 0 Å². The highest BCUT2D eigenvalue weighted by atomic mass is 16.6. The number of nitrogens with zero attached hydrogens (tertiary/aromatic N) is 2. The summed E-state index contributed by atoms with van der Waals surface area (Å²) in [5.74, 6) is 0.620. The fourth-order valence-corrected chi connectivity index (χ4v) is 2.91. The molecular weight excluding hydrogens is 204 g/mol. The highest BCUT2D eigenvalue weighted by Crippen LogP contribution is 2.42. The Balaban J connectivity index is 2.11. The Labute approximate surface area is 94.0 Å². The van der Waals surface area contributed by atoms with E-state index in [0.29, 0.717) is 5.92 Å². The van der Waals surface area contributed by atoms with Gasteiger partial charge in [0.15, 0.2) is 0 Å².